The van der Waals surface area contributed by atoms with Gasteiger partial charge in [-0.05, 0) is 48.5 Å². The first-order chi connectivity index (χ1) is 22.3. The van der Waals surface area contributed by atoms with Gasteiger partial charge in [0, 0.05) is 36.3 Å². The molecular weight excluding hydrogens is 567 g/mol. The molecule has 6 aromatic carbocycles. The van der Waals surface area contributed by atoms with Crippen LogP contribution in [0, 0.1) is 0 Å². The van der Waals surface area contributed by atoms with Crippen molar-refractivity contribution in [2.75, 3.05) is 0 Å². The Morgan fingerprint density at radius 2 is 0.600 bits per heavy atom. The number of hydrogen-bond acceptors (Lipinski definition) is 3. The lowest BCUT2D eigenvalue weighted by Crippen LogP contribution is -2.06. The fourth-order valence-electron chi connectivity index (χ4n) is 5.45. The van der Waals surface area contributed by atoms with Crippen LogP contribution in [0.1, 0.15) is 13.8 Å². The monoisotopic (exact) mass is 601 g/mol. The lowest BCUT2D eigenvalue weighted by molar-refractivity contribution is 1.07. The van der Waals surface area contributed by atoms with Gasteiger partial charge in [0.25, 0.3) is 0 Å². The highest BCUT2D eigenvalue weighted by Gasteiger charge is 2.33. The first kappa shape index (κ1) is 29.7. The van der Waals surface area contributed by atoms with Crippen LogP contribution >= 0.6 is 10.0 Å². The second-order valence-corrected chi connectivity index (χ2v) is 13.2. The molecule has 0 saturated heterocycles. The summed E-state index contributed by atoms with van der Waals surface area (Å²) in [5.74, 6) is 1.96. The SMILES string of the molecule is CC.c1ccc(-c2nc(-c3ccccc3)nc(-c3cccc(S(c4ccccc4)(c4ccccc4)c4ccccc4)c3)n2)cc1. The topological polar surface area (TPSA) is 38.7 Å². The van der Waals surface area contributed by atoms with Gasteiger partial charge in [-0.2, -0.15) is 0 Å². The van der Waals surface area contributed by atoms with E-state index in [1.54, 1.807) is 0 Å². The molecule has 0 amide bonds. The summed E-state index contributed by atoms with van der Waals surface area (Å²) in [5, 5.41) is 0. The summed E-state index contributed by atoms with van der Waals surface area (Å²) < 4.78 is 0. The zero-order valence-corrected chi connectivity index (χ0v) is 26.3. The fourth-order valence-corrected chi connectivity index (χ4v) is 9.37. The average molecular weight is 602 g/mol. The molecule has 7 aromatic rings. The van der Waals surface area contributed by atoms with E-state index in [-0.39, 0.29) is 0 Å². The molecule has 1 aromatic heterocycles. The molecule has 0 unspecified atom stereocenters. The molecule has 3 nitrogen and oxygen atoms in total. The number of nitrogens with zero attached hydrogens (tertiary/aromatic N) is 3. The van der Waals surface area contributed by atoms with Crippen LogP contribution in [0.4, 0.5) is 0 Å². The molecule has 0 N–H and O–H groups in total. The highest BCUT2D eigenvalue weighted by molar-refractivity contribution is 8.34. The predicted octanol–water partition coefficient (Wildman–Crippen LogP) is 11.2. The Morgan fingerprint density at radius 3 is 0.978 bits per heavy atom. The van der Waals surface area contributed by atoms with E-state index in [1.807, 2.05) is 74.5 Å². The molecule has 7 rings (SSSR count). The molecule has 0 spiro atoms. The summed E-state index contributed by atoms with van der Waals surface area (Å²) in [5.41, 5.74) is 2.86. The number of benzene rings is 6. The van der Waals surface area contributed by atoms with Crippen LogP contribution in [0.2, 0.25) is 0 Å². The minimum atomic E-state index is -1.84. The molecule has 4 heteroatoms. The normalized spacial score (nSPS) is 11.2. The highest BCUT2D eigenvalue weighted by atomic mass is 32.3. The van der Waals surface area contributed by atoms with Gasteiger partial charge in [-0.15, -0.1) is 10.0 Å². The van der Waals surface area contributed by atoms with Crippen LogP contribution in [0.25, 0.3) is 34.2 Å². The van der Waals surface area contributed by atoms with Crippen molar-refractivity contribution in [3.63, 3.8) is 0 Å². The quantitative estimate of drug-likeness (QED) is 0.182. The Bertz CT molecular complexity index is 1790. The van der Waals surface area contributed by atoms with Gasteiger partial charge in [-0.3, -0.25) is 0 Å². The standard InChI is InChI=1S/C39H29N3S.C2H6/c1-6-17-30(18-7-1)37-40-38(31-19-8-2-9-20-31)42-39(41-37)32-21-16-28-36(29-32)43(33-22-10-3-11-23-33,34-24-12-4-13-25-34)35-26-14-5-15-27-35;1-2/h1-29H;1-2H3. The summed E-state index contributed by atoms with van der Waals surface area (Å²) in [6.07, 6.45) is 0. The lowest BCUT2D eigenvalue weighted by Gasteiger charge is -2.42. The van der Waals surface area contributed by atoms with E-state index in [0.29, 0.717) is 17.5 Å². The van der Waals surface area contributed by atoms with Crippen molar-refractivity contribution in [3.05, 3.63) is 176 Å². The van der Waals surface area contributed by atoms with Gasteiger partial charge >= 0.3 is 0 Å². The third-order valence-corrected chi connectivity index (χ3v) is 11.3. The molecule has 45 heavy (non-hydrogen) atoms. The van der Waals surface area contributed by atoms with Crippen LogP contribution in [0.5, 0.6) is 0 Å². The van der Waals surface area contributed by atoms with Gasteiger partial charge in [0.15, 0.2) is 17.5 Å². The first-order valence-electron chi connectivity index (χ1n) is 15.3. The van der Waals surface area contributed by atoms with E-state index in [0.717, 1.165) is 16.7 Å². The zero-order chi connectivity index (χ0) is 30.9. The lowest BCUT2D eigenvalue weighted by atomic mass is 10.1. The zero-order valence-electron chi connectivity index (χ0n) is 25.5. The van der Waals surface area contributed by atoms with Crippen molar-refractivity contribution in [1.29, 1.82) is 0 Å². The van der Waals surface area contributed by atoms with Crippen LogP contribution in [-0.2, 0) is 0 Å². The van der Waals surface area contributed by atoms with Crippen molar-refractivity contribution in [2.45, 2.75) is 33.4 Å². The van der Waals surface area contributed by atoms with E-state index in [4.69, 9.17) is 15.0 Å². The summed E-state index contributed by atoms with van der Waals surface area (Å²) in [6, 6.07) is 61.6. The van der Waals surface area contributed by atoms with Crippen molar-refractivity contribution >= 4 is 10.0 Å². The van der Waals surface area contributed by atoms with Gasteiger partial charge in [-0.1, -0.05) is 141 Å². The molecule has 0 aliphatic rings. The van der Waals surface area contributed by atoms with Gasteiger partial charge in [-0.25, -0.2) is 15.0 Å². The van der Waals surface area contributed by atoms with Crippen LogP contribution in [0.15, 0.2) is 196 Å². The Hall–Kier alpha value is -5.32. The van der Waals surface area contributed by atoms with Crippen LogP contribution in [-0.4, -0.2) is 15.0 Å². The van der Waals surface area contributed by atoms with E-state index < -0.39 is 10.0 Å². The Balaban J connectivity index is 0.00000175. The number of rotatable bonds is 7. The maximum absolute atomic E-state index is 5.03. The third kappa shape index (κ3) is 6.06. The maximum atomic E-state index is 5.03. The Labute approximate surface area is 267 Å². The van der Waals surface area contributed by atoms with Gasteiger partial charge in [0.05, 0.1) is 0 Å². The molecule has 0 aliphatic heterocycles. The minimum Gasteiger partial charge on any atom is -0.208 e. The molecule has 0 radical (unpaired) electrons. The highest BCUT2D eigenvalue weighted by Crippen LogP contribution is 2.73. The largest absolute Gasteiger partial charge is 0.208 e. The number of hydrogen-bond donors (Lipinski definition) is 0. The minimum absolute atomic E-state index is 0.650. The molecular formula is C41H35N3S. The van der Waals surface area contributed by atoms with Crippen molar-refractivity contribution in [2.24, 2.45) is 0 Å². The van der Waals surface area contributed by atoms with Crippen LogP contribution in [0.3, 0.4) is 0 Å². The first-order valence-corrected chi connectivity index (χ1v) is 16.9. The third-order valence-electron chi connectivity index (χ3n) is 7.44. The fraction of sp³-hybridized carbons (Fsp3) is 0.0488. The summed E-state index contributed by atoms with van der Waals surface area (Å²) in [6.45, 7) is 4.00. The second kappa shape index (κ2) is 14.0. The summed E-state index contributed by atoms with van der Waals surface area (Å²) in [4.78, 5) is 20.0. The van der Waals surface area contributed by atoms with E-state index in [9.17, 15) is 0 Å². The Morgan fingerprint density at radius 1 is 0.311 bits per heavy atom. The van der Waals surface area contributed by atoms with Crippen LogP contribution < -0.4 is 0 Å². The van der Waals surface area contributed by atoms with Gasteiger partial charge < -0.3 is 0 Å². The predicted molar refractivity (Wildman–Crippen MR) is 187 cm³/mol. The summed E-state index contributed by atoms with van der Waals surface area (Å²) >= 11 is 0. The average Bonchev–Trinajstić information content (AvgIpc) is 3.15. The van der Waals surface area contributed by atoms with E-state index in [2.05, 4.69) is 115 Å². The second-order valence-electron chi connectivity index (χ2n) is 10.1. The summed E-state index contributed by atoms with van der Waals surface area (Å²) in [7, 11) is -1.84. The van der Waals surface area contributed by atoms with E-state index in [1.165, 1.54) is 19.6 Å². The molecule has 0 bridgehead atoms. The molecule has 0 aliphatic carbocycles. The molecule has 0 atom stereocenters. The maximum Gasteiger partial charge on any atom is 0.164 e. The van der Waals surface area contributed by atoms with E-state index >= 15 is 0 Å². The van der Waals surface area contributed by atoms with Crippen molar-refractivity contribution in [1.82, 2.24) is 15.0 Å². The molecule has 1 heterocycles. The van der Waals surface area contributed by atoms with Crippen molar-refractivity contribution in [3.8, 4) is 34.2 Å². The van der Waals surface area contributed by atoms with Gasteiger partial charge in [0.1, 0.15) is 0 Å². The molecule has 0 saturated carbocycles. The Kier molecular flexibility index (Phi) is 9.24. The number of aromatic nitrogens is 3. The molecule has 0 fully saturated rings. The van der Waals surface area contributed by atoms with Gasteiger partial charge in [0.2, 0.25) is 0 Å². The smallest absolute Gasteiger partial charge is 0.164 e. The molecule has 220 valence electrons. The van der Waals surface area contributed by atoms with Crippen molar-refractivity contribution < 1.29 is 0 Å².